The van der Waals surface area contributed by atoms with Crippen LogP contribution in [0.3, 0.4) is 0 Å². The maximum atomic E-state index is 12.7. The molecule has 0 atom stereocenters. The SMILES string of the molecule is CCN(CC)S(=O)(=O)c1ccc(Cl)c(C(=O)OCC(=O)N(C)Cc2ccccc2)c1. The Morgan fingerprint density at radius 3 is 2.27 bits per heavy atom. The van der Waals surface area contributed by atoms with Crippen LogP contribution in [0.25, 0.3) is 0 Å². The molecule has 1 amide bonds. The third kappa shape index (κ3) is 5.81. The molecule has 0 fully saturated rings. The van der Waals surface area contributed by atoms with Crippen molar-refractivity contribution in [2.75, 3.05) is 26.7 Å². The van der Waals surface area contributed by atoms with Crippen LogP contribution in [-0.2, 0) is 26.1 Å². The molecule has 0 aliphatic rings. The Bertz CT molecular complexity index is 992. The Kier molecular flexibility index (Phi) is 8.40. The molecule has 7 nitrogen and oxygen atoms in total. The molecule has 0 saturated carbocycles. The largest absolute Gasteiger partial charge is 0.452 e. The van der Waals surface area contributed by atoms with Crippen LogP contribution in [0, 0.1) is 0 Å². The van der Waals surface area contributed by atoms with Gasteiger partial charge >= 0.3 is 5.97 Å². The van der Waals surface area contributed by atoms with Gasteiger partial charge in [-0.2, -0.15) is 4.31 Å². The Morgan fingerprint density at radius 2 is 1.67 bits per heavy atom. The van der Waals surface area contributed by atoms with Crippen molar-refractivity contribution < 1.29 is 22.7 Å². The molecule has 0 aromatic heterocycles. The second-order valence-electron chi connectivity index (χ2n) is 6.54. The van der Waals surface area contributed by atoms with E-state index in [4.69, 9.17) is 16.3 Å². The van der Waals surface area contributed by atoms with Crippen LogP contribution >= 0.6 is 11.6 Å². The number of rotatable bonds is 9. The second kappa shape index (κ2) is 10.6. The van der Waals surface area contributed by atoms with Crippen LogP contribution in [0.5, 0.6) is 0 Å². The minimum absolute atomic E-state index is 0.0450. The Balaban J connectivity index is 2.09. The molecule has 0 heterocycles. The van der Waals surface area contributed by atoms with Gasteiger partial charge in [-0.15, -0.1) is 0 Å². The van der Waals surface area contributed by atoms with E-state index in [1.54, 1.807) is 20.9 Å². The van der Waals surface area contributed by atoms with Crippen LogP contribution < -0.4 is 0 Å². The predicted octanol–water partition coefficient (Wildman–Crippen LogP) is 3.19. The summed E-state index contributed by atoms with van der Waals surface area (Å²) < 4.78 is 31.7. The molecule has 0 bridgehead atoms. The highest BCUT2D eigenvalue weighted by molar-refractivity contribution is 7.89. The van der Waals surface area contributed by atoms with Crippen LogP contribution in [0.2, 0.25) is 5.02 Å². The Hall–Kier alpha value is -2.42. The first-order valence-corrected chi connectivity index (χ1v) is 11.3. The summed E-state index contributed by atoms with van der Waals surface area (Å²) in [5.74, 6) is -1.26. The van der Waals surface area contributed by atoms with Gasteiger partial charge in [0.15, 0.2) is 6.61 Å². The standard InChI is InChI=1S/C21H25ClN2O5S/c1-4-24(5-2)30(27,28)17-11-12-19(22)18(13-17)21(26)29-15-20(25)23(3)14-16-9-7-6-8-10-16/h6-13H,4-5,14-15H2,1-3H3. The lowest BCUT2D eigenvalue weighted by Gasteiger charge is -2.19. The average Bonchev–Trinajstić information content (AvgIpc) is 2.73. The molecule has 30 heavy (non-hydrogen) atoms. The predicted molar refractivity (Wildman–Crippen MR) is 115 cm³/mol. The number of nitrogens with zero attached hydrogens (tertiary/aromatic N) is 2. The monoisotopic (exact) mass is 452 g/mol. The number of hydrogen-bond donors (Lipinski definition) is 0. The van der Waals surface area contributed by atoms with Crippen LogP contribution in [0.4, 0.5) is 0 Å². The molecule has 0 aliphatic heterocycles. The lowest BCUT2D eigenvalue weighted by molar-refractivity contribution is -0.133. The number of halogens is 1. The first-order valence-electron chi connectivity index (χ1n) is 9.45. The van der Waals surface area contributed by atoms with Gasteiger partial charge in [0.2, 0.25) is 10.0 Å². The number of ether oxygens (including phenoxy) is 1. The number of likely N-dealkylation sites (N-methyl/N-ethyl adjacent to an activating group) is 1. The molecule has 0 saturated heterocycles. The van der Waals surface area contributed by atoms with Gasteiger partial charge in [0, 0.05) is 26.7 Å². The summed E-state index contributed by atoms with van der Waals surface area (Å²) in [6.07, 6.45) is 0. The van der Waals surface area contributed by atoms with Gasteiger partial charge in [-0.1, -0.05) is 55.8 Å². The van der Waals surface area contributed by atoms with E-state index in [9.17, 15) is 18.0 Å². The molecule has 2 aromatic rings. The molecule has 0 unspecified atom stereocenters. The van der Waals surface area contributed by atoms with Gasteiger partial charge in [-0.25, -0.2) is 13.2 Å². The number of benzene rings is 2. The summed E-state index contributed by atoms with van der Waals surface area (Å²) in [5, 5.41) is 0.0450. The maximum Gasteiger partial charge on any atom is 0.340 e. The van der Waals surface area contributed by atoms with Gasteiger partial charge in [0.05, 0.1) is 15.5 Å². The third-order valence-corrected chi connectivity index (χ3v) is 6.89. The topological polar surface area (TPSA) is 84.0 Å². The van der Waals surface area contributed by atoms with Gasteiger partial charge in [0.25, 0.3) is 5.91 Å². The van der Waals surface area contributed by atoms with Crippen LogP contribution in [-0.4, -0.2) is 56.2 Å². The van der Waals surface area contributed by atoms with Crippen molar-refractivity contribution in [1.29, 1.82) is 0 Å². The number of carbonyl (C=O) groups is 2. The van der Waals surface area contributed by atoms with E-state index in [1.165, 1.54) is 27.4 Å². The van der Waals surface area contributed by atoms with Crippen molar-refractivity contribution in [3.05, 3.63) is 64.7 Å². The van der Waals surface area contributed by atoms with E-state index >= 15 is 0 Å². The van der Waals surface area contributed by atoms with E-state index in [1.807, 2.05) is 30.3 Å². The van der Waals surface area contributed by atoms with Gasteiger partial charge < -0.3 is 9.64 Å². The average molecular weight is 453 g/mol. The summed E-state index contributed by atoms with van der Waals surface area (Å²) in [5.41, 5.74) is 0.834. The second-order valence-corrected chi connectivity index (χ2v) is 8.89. The number of amides is 1. The number of esters is 1. The number of hydrogen-bond acceptors (Lipinski definition) is 5. The van der Waals surface area contributed by atoms with E-state index in [-0.39, 0.29) is 15.5 Å². The molecule has 9 heteroatoms. The maximum absolute atomic E-state index is 12.7. The van der Waals surface area contributed by atoms with E-state index < -0.39 is 28.5 Å². The summed E-state index contributed by atoms with van der Waals surface area (Å²) in [6.45, 7) is 3.93. The molecule has 2 aromatic carbocycles. The molecule has 0 radical (unpaired) electrons. The third-order valence-electron chi connectivity index (χ3n) is 4.52. The van der Waals surface area contributed by atoms with Crippen molar-refractivity contribution in [3.8, 4) is 0 Å². The highest BCUT2D eigenvalue weighted by Gasteiger charge is 2.24. The van der Waals surface area contributed by atoms with Crippen molar-refractivity contribution in [2.24, 2.45) is 0 Å². The van der Waals surface area contributed by atoms with Crippen LogP contribution in [0.15, 0.2) is 53.4 Å². The first kappa shape index (κ1) is 23.9. The van der Waals surface area contributed by atoms with E-state index in [0.717, 1.165) is 5.56 Å². The number of sulfonamides is 1. The van der Waals surface area contributed by atoms with Crippen molar-refractivity contribution in [3.63, 3.8) is 0 Å². The lowest BCUT2D eigenvalue weighted by atomic mass is 10.2. The zero-order valence-electron chi connectivity index (χ0n) is 17.2. The fourth-order valence-electron chi connectivity index (χ4n) is 2.79. The highest BCUT2D eigenvalue weighted by Crippen LogP contribution is 2.23. The number of carbonyl (C=O) groups excluding carboxylic acids is 2. The summed E-state index contributed by atoms with van der Waals surface area (Å²) in [6, 6.07) is 13.2. The van der Waals surface area contributed by atoms with Gasteiger partial charge in [0.1, 0.15) is 0 Å². The lowest BCUT2D eigenvalue weighted by Crippen LogP contribution is -2.31. The molecule has 0 spiro atoms. The molecule has 0 aliphatic carbocycles. The molecule has 162 valence electrons. The Labute approximate surface area is 182 Å². The zero-order chi connectivity index (χ0) is 22.3. The zero-order valence-corrected chi connectivity index (χ0v) is 18.7. The first-order chi connectivity index (χ1) is 14.2. The Morgan fingerprint density at radius 1 is 1.03 bits per heavy atom. The smallest absolute Gasteiger partial charge is 0.340 e. The quantitative estimate of drug-likeness (QED) is 0.545. The van der Waals surface area contributed by atoms with Gasteiger partial charge in [-0.3, -0.25) is 4.79 Å². The normalized spacial score (nSPS) is 11.4. The summed E-state index contributed by atoms with van der Waals surface area (Å²) in [4.78, 5) is 26.1. The van der Waals surface area contributed by atoms with Crippen molar-refractivity contribution in [1.82, 2.24) is 9.21 Å². The molecule has 0 N–H and O–H groups in total. The fraction of sp³-hybridized carbons (Fsp3) is 0.333. The summed E-state index contributed by atoms with van der Waals surface area (Å²) >= 11 is 6.07. The molecular weight excluding hydrogens is 428 g/mol. The fourth-order valence-corrected chi connectivity index (χ4v) is 4.47. The highest BCUT2D eigenvalue weighted by atomic mass is 35.5. The minimum Gasteiger partial charge on any atom is -0.452 e. The minimum atomic E-state index is -3.76. The van der Waals surface area contributed by atoms with E-state index in [0.29, 0.717) is 19.6 Å². The van der Waals surface area contributed by atoms with Crippen LogP contribution in [0.1, 0.15) is 29.8 Å². The summed E-state index contributed by atoms with van der Waals surface area (Å²) in [7, 11) is -2.16. The molecular formula is C21H25ClN2O5S. The van der Waals surface area contributed by atoms with Crippen molar-refractivity contribution in [2.45, 2.75) is 25.3 Å². The van der Waals surface area contributed by atoms with E-state index in [2.05, 4.69) is 0 Å². The van der Waals surface area contributed by atoms with Crippen molar-refractivity contribution >= 4 is 33.5 Å². The molecule has 2 rings (SSSR count). The van der Waals surface area contributed by atoms with Gasteiger partial charge in [-0.05, 0) is 23.8 Å².